The van der Waals surface area contributed by atoms with Crippen LogP contribution in [-0.4, -0.2) is 46.8 Å². The predicted molar refractivity (Wildman–Crippen MR) is 122 cm³/mol. The number of H-pyrrole nitrogens is 1. The topological polar surface area (TPSA) is 107 Å². The van der Waals surface area contributed by atoms with E-state index in [1.54, 1.807) is 24.8 Å². The van der Waals surface area contributed by atoms with Crippen molar-refractivity contribution in [3.05, 3.63) is 46.3 Å². The molecule has 1 aliphatic heterocycles. The molecular formula is C23H27ClFN5O3. The molecule has 1 aliphatic carbocycles. The number of nitrogens with zero attached hydrogens (tertiary/aromatic N) is 2. The highest BCUT2D eigenvalue weighted by Crippen LogP contribution is 2.47. The molecule has 0 radical (unpaired) electrons. The molecule has 1 spiro atoms. The molecule has 2 aromatic rings. The SMILES string of the molecule is CCNC(=O)c1nc[nH]c1C(=O)N[C@H]1CC[C@@]2(CCN(c3cc(C)c(F)cc3Cl)C2=O)CC1. The number of carbonyl (C=O) groups is 3. The fourth-order valence-corrected chi connectivity index (χ4v) is 5.07. The summed E-state index contributed by atoms with van der Waals surface area (Å²) in [6, 6.07) is 2.77. The van der Waals surface area contributed by atoms with Crippen LogP contribution in [-0.2, 0) is 4.79 Å². The van der Waals surface area contributed by atoms with E-state index in [4.69, 9.17) is 11.6 Å². The van der Waals surface area contributed by atoms with Crippen LogP contribution in [0.25, 0.3) is 0 Å². The Morgan fingerprint density at radius 2 is 2.00 bits per heavy atom. The minimum absolute atomic E-state index is 0.00674. The second-order valence-corrected chi connectivity index (χ2v) is 9.18. The summed E-state index contributed by atoms with van der Waals surface area (Å²) >= 11 is 6.24. The van der Waals surface area contributed by atoms with Gasteiger partial charge < -0.3 is 20.5 Å². The number of benzene rings is 1. The second-order valence-electron chi connectivity index (χ2n) is 8.77. The smallest absolute Gasteiger partial charge is 0.272 e. The third-order valence-corrected chi connectivity index (χ3v) is 7.03. The third-order valence-electron chi connectivity index (χ3n) is 6.73. The molecule has 33 heavy (non-hydrogen) atoms. The summed E-state index contributed by atoms with van der Waals surface area (Å²) in [5.41, 5.74) is 0.693. The van der Waals surface area contributed by atoms with Gasteiger partial charge in [0.25, 0.3) is 11.8 Å². The minimum Gasteiger partial charge on any atom is -0.351 e. The number of aryl methyl sites for hydroxylation is 1. The summed E-state index contributed by atoms with van der Waals surface area (Å²) in [6.45, 7) is 4.41. The summed E-state index contributed by atoms with van der Waals surface area (Å²) < 4.78 is 13.8. The van der Waals surface area contributed by atoms with Crippen LogP contribution in [0.1, 0.15) is 65.6 Å². The van der Waals surface area contributed by atoms with E-state index in [9.17, 15) is 18.8 Å². The molecule has 176 valence electrons. The maximum absolute atomic E-state index is 13.8. The van der Waals surface area contributed by atoms with Gasteiger partial charge in [-0.25, -0.2) is 9.37 Å². The van der Waals surface area contributed by atoms with Gasteiger partial charge >= 0.3 is 0 Å². The number of carbonyl (C=O) groups excluding carboxylic acids is 3. The molecule has 2 aliphatic rings. The van der Waals surface area contributed by atoms with Crippen LogP contribution < -0.4 is 15.5 Å². The van der Waals surface area contributed by atoms with E-state index in [0.717, 1.165) is 0 Å². The van der Waals surface area contributed by atoms with E-state index in [1.165, 1.54) is 12.4 Å². The van der Waals surface area contributed by atoms with E-state index < -0.39 is 17.1 Å². The van der Waals surface area contributed by atoms with Crippen molar-refractivity contribution in [2.24, 2.45) is 5.41 Å². The van der Waals surface area contributed by atoms with Crippen LogP contribution in [0.4, 0.5) is 10.1 Å². The number of amides is 3. The molecule has 1 aromatic heterocycles. The molecule has 0 bridgehead atoms. The van der Waals surface area contributed by atoms with Crippen molar-refractivity contribution in [2.75, 3.05) is 18.0 Å². The normalized spacial score (nSPS) is 22.6. The number of halogens is 2. The fraction of sp³-hybridized carbons (Fsp3) is 0.478. The number of rotatable bonds is 5. The number of imidazole rings is 1. The molecule has 1 saturated carbocycles. The van der Waals surface area contributed by atoms with Crippen molar-refractivity contribution in [3.63, 3.8) is 0 Å². The Hall–Kier alpha value is -2.94. The molecule has 4 rings (SSSR count). The van der Waals surface area contributed by atoms with Crippen molar-refractivity contribution >= 4 is 35.0 Å². The molecule has 2 heterocycles. The van der Waals surface area contributed by atoms with Crippen LogP contribution >= 0.6 is 11.6 Å². The summed E-state index contributed by atoms with van der Waals surface area (Å²) in [6.07, 6.45) is 4.58. The zero-order valence-electron chi connectivity index (χ0n) is 18.6. The highest BCUT2D eigenvalue weighted by Gasteiger charge is 2.49. The lowest BCUT2D eigenvalue weighted by molar-refractivity contribution is -0.127. The lowest BCUT2D eigenvalue weighted by atomic mass is 9.71. The summed E-state index contributed by atoms with van der Waals surface area (Å²) in [4.78, 5) is 46.5. The number of anilines is 1. The number of hydrogen-bond donors (Lipinski definition) is 3. The van der Waals surface area contributed by atoms with Crippen molar-refractivity contribution < 1.29 is 18.8 Å². The largest absolute Gasteiger partial charge is 0.351 e. The van der Waals surface area contributed by atoms with Crippen molar-refractivity contribution in [1.29, 1.82) is 0 Å². The van der Waals surface area contributed by atoms with E-state index in [-0.39, 0.29) is 34.3 Å². The van der Waals surface area contributed by atoms with Gasteiger partial charge in [-0.05, 0) is 63.6 Å². The number of nitrogens with one attached hydrogen (secondary N) is 3. The first-order chi connectivity index (χ1) is 15.8. The molecule has 0 unspecified atom stereocenters. The van der Waals surface area contributed by atoms with Crippen molar-refractivity contribution in [3.8, 4) is 0 Å². The Kier molecular flexibility index (Phi) is 6.43. The first-order valence-corrected chi connectivity index (χ1v) is 11.5. The van der Waals surface area contributed by atoms with Gasteiger partial charge in [-0.15, -0.1) is 0 Å². The van der Waals surface area contributed by atoms with E-state index in [1.807, 2.05) is 0 Å². The molecule has 3 amide bonds. The molecule has 0 atom stereocenters. The summed E-state index contributed by atoms with van der Waals surface area (Å²) in [5.74, 6) is -1.18. The summed E-state index contributed by atoms with van der Waals surface area (Å²) in [5, 5.41) is 5.84. The molecule has 3 N–H and O–H groups in total. The Morgan fingerprint density at radius 1 is 1.27 bits per heavy atom. The van der Waals surface area contributed by atoms with Crippen LogP contribution in [0.2, 0.25) is 5.02 Å². The quantitative estimate of drug-likeness (QED) is 0.616. The molecule has 1 saturated heterocycles. The number of hydrogen-bond acceptors (Lipinski definition) is 4. The van der Waals surface area contributed by atoms with Gasteiger partial charge in [0.05, 0.1) is 22.5 Å². The van der Waals surface area contributed by atoms with Gasteiger partial charge in [-0.1, -0.05) is 11.6 Å². The predicted octanol–water partition coefficient (Wildman–Crippen LogP) is 3.36. The number of aromatic amines is 1. The lowest BCUT2D eigenvalue weighted by Crippen LogP contribution is -2.44. The van der Waals surface area contributed by atoms with Gasteiger partial charge in [-0.3, -0.25) is 14.4 Å². The Balaban J connectivity index is 1.40. The first kappa shape index (κ1) is 23.2. The van der Waals surface area contributed by atoms with E-state index >= 15 is 0 Å². The zero-order valence-corrected chi connectivity index (χ0v) is 19.4. The van der Waals surface area contributed by atoms with E-state index in [0.29, 0.717) is 56.4 Å². The van der Waals surface area contributed by atoms with Gasteiger partial charge in [0.15, 0.2) is 5.69 Å². The zero-order chi connectivity index (χ0) is 23.8. The highest BCUT2D eigenvalue weighted by molar-refractivity contribution is 6.34. The third kappa shape index (κ3) is 4.34. The van der Waals surface area contributed by atoms with Crippen molar-refractivity contribution in [2.45, 2.75) is 52.0 Å². The summed E-state index contributed by atoms with van der Waals surface area (Å²) in [7, 11) is 0. The van der Waals surface area contributed by atoms with Crippen LogP contribution in [0.5, 0.6) is 0 Å². The molecule has 10 heteroatoms. The highest BCUT2D eigenvalue weighted by atomic mass is 35.5. The average molecular weight is 476 g/mol. The fourth-order valence-electron chi connectivity index (χ4n) is 4.82. The minimum atomic E-state index is -0.493. The number of aromatic nitrogens is 2. The van der Waals surface area contributed by atoms with Crippen LogP contribution in [0.15, 0.2) is 18.5 Å². The standard InChI is InChI=1S/C23H27ClFN5O3/c1-3-26-20(31)18-19(28-12-27-18)21(32)29-14-4-6-23(7-5-14)8-9-30(22(23)33)17-10-13(2)16(25)11-15(17)24/h10-12,14H,3-9H2,1-2H3,(H,26,31)(H,27,28)(H,29,32)/t14-,23-. The Morgan fingerprint density at radius 3 is 2.70 bits per heavy atom. The van der Waals surface area contributed by atoms with Gasteiger partial charge in [0, 0.05) is 19.1 Å². The average Bonchev–Trinajstić information content (AvgIpc) is 3.39. The maximum atomic E-state index is 13.8. The second kappa shape index (κ2) is 9.13. The molecule has 8 nitrogen and oxygen atoms in total. The lowest BCUT2D eigenvalue weighted by Gasteiger charge is -2.36. The van der Waals surface area contributed by atoms with Crippen LogP contribution in [0, 0.1) is 18.2 Å². The molecule has 1 aromatic carbocycles. The molecule has 2 fully saturated rings. The first-order valence-electron chi connectivity index (χ1n) is 11.2. The maximum Gasteiger partial charge on any atom is 0.272 e. The van der Waals surface area contributed by atoms with Gasteiger partial charge in [-0.2, -0.15) is 0 Å². The van der Waals surface area contributed by atoms with E-state index in [2.05, 4.69) is 20.6 Å². The molecular weight excluding hydrogens is 449 g/mol. The van der Waals surface area contributed by atoms with Crippen molar-refractivity contribution in [1.82, 2.24) is 20.6 Å². The van der Waals surface area contributed by atoms with Crippen LogP contribution in [0.3, 0.4) is 0 Å². The monoisotopic (exact) mass is 475 g/mol. The Labute approximate surface area is 196 Å². The van der Waals surface area contributed by atoms with Gasteiger partial charge in [0.1, 0.15) is 11.5 Å². The van der Waals surface area contributed by atoms with Gasteiger partial charge in [0.2, 0.25) is 5.91 Å². The Bertz CT molecular complexity index is 1090.